The Morgan fingerprint density at radius 3 is 2.46 bits per heavy atom. The molecule has 5 N–H and O–H groups in total. The first-order valence-electron chi connectivity index (χ1n) is 3.84. The Labute approximate surface area is 87.0 Å². The highest BCUT2D eigenvalue weighted by Gasteiger charge is 2.42. The minimum Gasteiger partial charge on any atom is -0.386 e. The molecule has 1 aliphatic carbocycles. The average Bonchev–Trinajstić information content (AvgIpc) is 2.03. The maximum Gasteiger partial charge on any atom is 0.194 e. The van der Waals surface area contributed by atoms with Gasteiger partial charge in [0, 0.05) is 0 Å². The maximum absolute atomic E-state index is 9.67. The Hall–Kier alpha value is -0.0600. The van der Waals surface area contributed by atoms with E-state index in [1.165, 1.54) is 0 Å². The summed E-state index contributed by atoms with van der Waals surface area (Å²) in [4.78, 5) is 0. The molecule has 3 nitrogen and oxygen atoms in total. The number of allylic oxidation sites excluding steroid dienone is 2. The van der Waals surface area contributed by atoms with Gasteiger partial charge in [0.2, 0.25) is 0 Å². The number of aliphatic hydroxyl groups is 1. The van der Waals surface area contributed by atoms with Crippen LogP contribution in [0.25, 0.3) is 0 Å². The lowest BCUT2D eigenvalue weighted by atomic mass is 9.86. The molecular weight excluding hydrogens is 211 g/mol. The molecule has 0 aromatic heterocycles. The normalized spacial score (nSPS) is 30.5. The van der Waals surface area contributed by atoms with E-state index in [0.717, 1.165) is 0 Å². The fraction of sp³-hybridized carbons (Fsp3) is 0.500. The topological polar surface area (TPSA) is 72.3 Å². The first-order chi connectivity index (χ1) is 5.86. The summed E-state index contributed by atoms with van der Waals surface area (Å²) in [5, 5.41) is 9.67. The fourth-order valence-electron chi connectivity index (χ4n) is 1.21. The number of alkyl halides is 2. The van der Waals surface area contributed by atoms with Crippen LogP contribution < -0.4 is 11.5 Å². The van der Waals surface area contributed by atoms with Gasteiger partial charge in [-0.3, -0.25) is 5.73 Å². The van der Waals surface area contributed by atoms with E-state index in [-0.39, 0.29) is 0 Å². The third kappa shape index (κ3) is 2.45. The molecule has 0 saturated carbocycles. The van der Waals surface area contributed by atoms with Crippen molar-refractivity contribution in [1.82, 2.24) is 0 Å². The second-order valence-electron chi connectivity index (χ2n) is 3.18. The third-order valence-electron chi connectivity index (χ3n) is 2.00. The van der Waals surface area contributed by atoms with Gasteiger partial charge < -0.3 is 10.8 Å². The monoisotopic (exact) mass is 222 g/mol. The number of halogens is 2. The molecule has 2 atom stereocenters. The highest BCUT2D eigenvalue weighted by molar-refractivity contribution is 6.48. The van der Waals surface area contributed by atoms with Gasteiger partial charge in [-0.1, -0.05) is 47.5 Å². The number of rotatable bonds is 2. The van der Waals surface area contributed by atoms with E-state index in [9.17, 15) is 5.11 Å². The molecule has 1 rings (SSSR count). The van der Waals surface area contributed by atoms with E-state index < -0.39 is 16.1 Å². The van der Waals surface area contributed by atoms with E-state index in [1.807, 2.05) is 12.2 Å². The van der Waals surface area contributed by atoms with Crippen molar-refractivity contribution in [2.24, 2.45) is 11.5 Å². The summed E-state index contributed by atoms with van der Waals surface area (Å²) in [6.07, 6.45) is 6.28. The van der Waals surface area contributed by atoms with E-state index in [4.69, 9.17) is 34.7 Å². The molecule has 0 radical (unpaired) electrons. The Balaban J connectivity index is 2.81. The van der Waals surface area contributed by atoms with Gasteiger partial charge in [0.1, 0.15) is 6.10 Å². The molecule has 0 aromatic rings. The van der Waals surface area contributed by atoms with Gasteiger partial charge in [0.15, 0.2) is 4.46 Å². The molecule has 0 heterocycles. The van der Waals surface area contributed by atoms with Crippen LogP contribution in [-0.2, 0) is 0 Å². The van der Waals surface area contributed by atoms with Crippen molar-refractivity contribution < 1.29 is 5.11 Å². The molecule has 2 unspecified atom stereocenters. The minimum absolute atomic E-state index is 0.461. The van der Waals surface area contributed by atoms with E-state index in [2.05, 4.69) is 0 Å². The van der Waals surface area contributed by atoms with Crippen LogP contribution in [0.3, 0.4) is 0 Å². The van der Waals surface area contributed by atoms with Crippen LogP contribution in [0.15, 0.2) is 24.3 Å². The molecule has 74 valence electrons. The summed E-state index contributed by atoms with van der Waals surface area (Å²) in [5.41, 5.74) is 10.2. The van der Waals surface area contributed by atoms with Gasteiger partial charge in [-0.05, 0) is 6.42 Å². The van der Waals surface area contributed by atoms with E-state index >= 15 is 0 Å². The molecule has 1 aliphatic rings. The Morgan fingerprint density at radius 1 is 1.46 bits per heavy atom. The molecule has 13 heavy (non-hydrogen) atoms. The summed E-state index contributed by atoms with van der Waals surface area (Å²) in [6, 6.07) is 0. The van der Waals surface area contributed by atoms with Crippen LogP contribution in [0, 0.1) is 0 Å². The SMILES string of the molecule is NC(Cl)(Cl)C(O)C1(N)C=CC=CC1. The number of hydrogen-bond acceptors (Lipinski definition) is 3. The van der Waals surface area contributed by atoms with Gasteiger partial charge in [-0.25, -0.2) is 0 Å². The Morgan fingerprint density at radius 2 is 2.08 bits per heavy atom. The van der Waals surface area contributed by atoms with Crippen LogP contribution in [0.5, 0.6) is 0 Å². The highest BCUT2D eigenvalue weighted by atomic mass is 35.5. The predicted molar refractivity (Wildman–Crippen MR) is 54.4 cm³/mol. The summed E-state index contributed by atoms with van der Waals surface area (Å²) in [6.45, 7) is 0. The highest BCUT2D eigenvalue weighted by Crippen LogP contribution is 2.30. The summed E-state index contributed by atoms with van der Waals surface area (Å²) < 4.78 is -1.73. The summed E-state index contributed by atoms with van der Waals surface area (Å²) in [5.74, 6) is 0. The average molecular weight is 223 g/mol. The van der Waals surface area contributed by atoms with Gasteiger partial charge in [0.05, 0.1) is 5.54 Å². The van der Waals surface area contributed by atoms with E-state index in [0.29, 0.717) is 6.42 Å². The molecular formula is C8H12Cl2N2O. The van der Waals surface area contributed by atoms with Crippen LogP contribution in [0.4, 0.5) is 0 Å². The van der Waals surface area contributed by atoms with Crippen molar-refractivity contribution in [1.29, 1.82) is 0 Å². The van der Waals surface area contributed by atoms with Gasteiger partial charge >= 0.3 is 0 Å². The zero-order valence-electron chi connectivity index (χ0n) is 6.95. The molecule has 0 aromatic carbocycles. The third-order valence-corrected chi connectivity index (χ3v) is 2.41. The molecule has 0 spiro atoms. The smallest absolute Gasteiger partial charge is 0.194 e. The van der Waals surface area contributed by atoms with Crippen molar-refractivity contribution in [3.8, 4) is 0 Å². The lowest BCUT2D eigenvalue weighted by molar-refractivity contribution is 0.0948. The molecule has 0 amide bonds. The lowest BCUT2D eigenvalue weighted by Crippen LogP contribution is -2.59. The number of aliphatic hydroxyl groups excluding tert-OH is 1. The second-order valence-corrected chi connectivity index (χ2v) is 4.63. The fourth-order valence-corrected chi connectivity index (χ4v) is 1.62. The quantitative estimate of drug-likeness (QED) is 0.475. The van der Waals surface area contributed by atoms with E-state index in [1.54, 1.807) is 12.2 Å². The minimum atomic E-state index is -1.73. The van der Waals surface area contributed by atoms with Crippen molar-refractivity contribution >= 4 is 23.2 Å². The zero-order chi connectivity index (χ0) is 10.1. The zero-order valence-corrected chi connectivity index (χ0v) is 8.46. The standard InChI is InChI=1S/C8H12Cl2N2O/c9-8(10,12)6(13)7(11)4-2-1-3-5-7/h1-4,6,13H,5,11-12H2. The predicted octanol–water partition coefficient (Wildman–Crippen LogP) is 0.651. The van der Waals surface area contributed by atoms with Crippen LogP contribution in [-0.4, -0.2) is 21.2 Å². The Bertz CT molecular complexity index is 247. The molecule has 0 aliphatic heterocycles. The van der Waals surface area contributed by atoms with Crippen molar-refractivity contribution in [2.75, 3.05) is 0 Å². The van der Waals surface area contributed by atoms with Crippen LogP contribution in [0.1, 0.15) is 6.42 Å². The Kier molecular flexibility index (Phi) is 3.05. The van der Waals surface area contributed by atoms with Crippen molar-refractivity contribution in [2.45, 2.75) is 22.5 Å². The summed E-state index contributed by atoms with van der Waals surface area (Å²) >= 11 is 11.1. The number of nitrogens with two attached hydrogens (primary N) is 2. The lowest BCUT2D eigenvalue weighted by Gasteiger charge is -2.36. The van der Waals surface area contributed by atoms with Crippen molar-refractivity contribution in [3.63, 3.8) is 0 Å². The molecule has 0 fully saturated rings. The molecule has 0 bridgehead atoms. The first kappa shape index (κ1) is 11.0. The second kappa shape index (κ2) is 3.59. The van der Waals surface area contributed by atoms with Crippen LogP contribution >= 0.6 is 23.2 Å². The van der Waals surface area contributed by atoms with Gasteiger partial charge in [-0.2, -0.15) is 0 Å². The molecule has 5 heteroatoms. The van der Waals surface area contributed by atoms with Crippen LogP contribution in [0.2, 0.25) is 0 Å². The summed E-state index contributed by atoms with van der Waals surface area (Å²) in [7, 11) is 0. The first-order valence-corrected chi connectivity index (χ1v) is 4.60. The number of hydrogen-bond donors (Lipinski definition) is 3. The molecule has 0 saturated heterocycles. The maximum atomic E-state index is 9.67. The van der Waals surface area contributed by atoms with Gasteiger partial charge in [0.25, 0.3) is 0 Å². The van der Waals surface area contributed by atoms with Gasteiger partial charge in [-0.15, -0.1) is 0 Å². The largest absolute Gasteiger partial charge is 0.386 e. The van der Waals surface area contributed by atoms with Crippen molar-refractivity contribution in [3.05, 3.63) is 24.3 Å².